The maximum atomic E-state index is 13.4. The van der Waals surface area contributed by atoms with Gasteiger partial charge in [-0.1, -0.05) is 41.4 Å². The molecule has 0 spiro atoms. The Balaban J connectivity index is 2.07. The van der Waals surface area contributed by atoms with Crippen LogP contribution in [0.5, 0.6) is 0 Å². The molecule has 2 aromatic rings. The number of nitrogens with one attached hydrogen (secondary N) is 1. The third-order valence-electron chi connectivity index (χ3n) is 3.07. The molecule has 0 aliphatic rings. The minimum atomic E-state index is -0.414. The normalized spacial score (nSPS) is 12.4. The smallest absolute Gasteiger partial charge is 0.142 e. The minimum absolute atomic E-state index is 0.00552. The molecule has 2 aromatic carbocycles. The highest BCUT2D eigenvalue weighted by molar-refractivity contribution is 6.30. The Labute approximate surface area is 127 Å². The summed E-state index contributed by atoms with van der Waals surface area (Å²) in [6.45, 7) is 0. The number of hydrazine groups is 1. The van der Waals surface area contributed by atoms with E-state index in [4.69, 9.17) is 29.0 Å². The topological polar surface area (TPSA) is 38.0 Å². The summed E-state index contributed by atoms with van der Waals surface area (Å²) in [5, 5.41) is 0.816. The zero-order valence-corrected chi connectivity index (χ0v) is 12.3. The van der Waals surface area contributed by atoms with E-state index in [1.807, 2.05) is 24.3 Å². The van der Waals surface area contributed by atoms with Crippen LogP contribution in [0.1, 0.15) is 11.1 Å². The first-order valence-electron chi connectivity index (χ1n) is 6.23. The molecule has 3 N–H and O–H groups in total. The minimum Gasteiger partial charge on any atom is -0.271 e. The molecule has 0 fully saturated rings. The van der Waals surface area contributed by atoms with E-state index in [1.165, 1.54) is 6.07 Å². The number of nitrogens with two attached hydrogens (primary N) is 1. The first-order valence-corrected chi connectivity index (χ1v) is 6.98. The van der Waals surface area contributed by atoms with E-state index in [1.54, 1.807) is 12.1 Å². The van der Waals surface area contributed by atoms with Crippen LogP contribution in [0.2, 0.25) is 10.0 Å². The van der Waals surface area contributed by atoms with Crippen LogP contribution in [-0.2, 0) is 12.8 Å². The first kappa shape index (κ1) is 15.3. The van der Waals surface area contributed by atoms with Crippen molar-refractivity contribution in [2.75, 3.05) is 0 Å². The second-order valence-electron chi connectivity index (χ2n) is 4.65. The molecule has 1 atom stereocenters. The number of hydrogen-bond donors (Lipinski definition) is 2. The largest absolute Gasteiger partial charge is 0.271 e. The quantitative estimate of drug-likeness (QED) is 0.652. The van der Waals surface area contributed by atoms with Crippen molar-refractivity contribution in [1.82, 2.24) is 5.43 Å². The predicted octanol–water partition coefficient (Wildman–Crippen LogP) is 3.75. The van der Waals surface area contributed by atoms with Crippen molar-refractivity contribution in [2.24, 2.45) is 5.84 Å². The van der Waals surface area contributed by atoms with Crippen LogP contribution in [0.3, 0.4) is 0 Å². The van der Waals surface area contributed by atoms with E-state index >= 15 is 0 Å². The molecule has 0 aromatic heterocycles. The summed E-state index contributed by atoms with van der Waals surface area (Å²) in [4.78, 5) is 0. The molecule has 0 aliphatic carbocycles. The van der Waals surface area contributed by atoms with Gasteiger partial charge in [0.15, 0.2) is 0 Å². The van der Waals surface area contributed by atoms with Crippen LogP contribution in [0.25, 0.3) is 0 Å². The Morgan fingerprint density at radius 1 is 1.05 bits per heavy atom. The summed E-state index contributed by atoms with van der Waals surface area (Å²) >= 11 is 11.6. The Morgan fingerprint density at radius 2 is 1.75 bits per heavy atom. The molecule has 0 amide bonds. The van der Waals surface area contributed by atoms with E-state index in [0.717, 1.165) is 11.1 Å². The molecule has 1 unspecified atom stereocenters. The van der Waals surface area contributed by atoms with E-state index in [0.29, 0.717) is 17.9 Å². The molecular formula is C15H15Cl2FN2. The van der Waals surface area contributed by atoms with Crippen molar-refractivity contribution in [3.63, 3.8) is 0 Å². The van der Waals surface area contributed by atoms with Gasteiger partial charge in [-0.15, -0.1) is 0 Å². The average molecular weight is 313 g/mol. The van der Waals surface area contributed by atoms with Crippen molar-refractivity contribution < 1.29 is 4.39 Å². The molecule has 0 saturated heterocycles. The lowest BCUT2D eigenvalue weighted by Crippen LogP contribution is -2.38. The number of benzene rings is 2. The molecule has 20 heavy (non-hydrogen) atoms. The zero-order chi connectivity index (χ0) is 14.5. The van der Waals surface area contributed by atoms with Gasteiger partial charge in [-0.25, -0.2) is 4.39 Å². The van der Waals surface area contributed by atoms with E-state index in [2.05, 4.69) is 5.43 Å². The van der Waals surface area contributed by atoms with Gasteiger partial charge in [0.1, 0.15) is 5.82 Å². The van der Waals surface area contributed by atoms with Crippen LogP contribution in [0.4, 0.5) is 4.39 Å². The van der Waals surface area contributed by atoms with Crippen molar-refractivity contribution in [1.29, 1.82) is 0 Å². The van der Waals surface area contributed by atoms with E-state index in [-0.39, 0.29) is 11.1 Å². The summed E-state index contributed by atoms with van der Waals surface area (Å²) in [7, 11) is 0. The third-order valence-corrected chi connectivity index (χ3v) is 3.61. The van der Waals surface area contributed by atoms with Gasteiger partial charge < -0.3 is 0 Å². The van der Waals surface area contributed by atoms with Crippen molar-refractivity contribution in [2.45, 2.75) is 18.9 Å². The van der Waals surface area contributed by atoms with Gasteiger partial charge in [0.05, 0.1) is 5.02 Å². The van der Waals surface area contributed by atoms with Crippen LogP contribution in [0.15, 0.2) is 42.5 Å². The zero-order valence-electron chi connectivity index (χ0n) is 10.7. The third kappa shape index (κ3) is 4.18. The first-order chi connectivity index (χ1) is 9.58. The van der Waals surface area contributed by atoms with Crippen LogP contribution in [-0.4, -0.2) is 6.04 Å². The lowest BCUT2D eigenvalue weighted by atomic mass is 9.99. The molecule has 2 nitrogen and oxygen atoms in total. The molecule has 0 saturated carbocycles. The van der Waals surface area contributed by atoms with Gasteiger partial charge >= 0.3 is 0 Å². The predicted molar refractivity (Wildman–Crippen MR) is 81.4 cm³/mol. The van der Waals surface area contributed by atoms with Crippen LogP contribution >= 0.6 is 23.2 Å². The van der Waals surface area contributed by atoms with Gasteiger partial charge in [0.25, 0.3) is 0 Å². The van der Waals surface area contributed by atoms with Gasteiger partial charge in [0.2, 0.25) is 0 Å². The summed E-state index contributed by atoms with van der Waals surface area (Å²) in [5.41, 5.74) is 4.68. The fourth-order valence-electron chi connectivity index (χ4n) is 2.09. The van der Waals surface area contributed by atoms with Gasteiger partial charge in [-0.05, 0) is 48.2 Å². The van der Waals surface area contributed by atoms with Gasteiger partial charge in [-0.3, -0.25) is 11.3 Å². The average Bonchev–Trinajstić information content (AvgIpc) is 2.42. The molecule has 0 bridgehead atoms. The fraction of sp³-hybridized carbons (Fsp3) is 0.200. The van der Waals surface area contributed by atoms with E-state index in [9.17, 15) is 4.39 Å². The van der Waals surface area contributed by atoms with Crippen LogP contribution < -0.4 is 11.3 Å². The highest BCUT2D eigenvalue weighted by Crippen LogP contribution is 2.18. The SMILES string of the molecule is NNC(Cc1cccc(Cl)c1)Cc1ccc(Cl)c(F)c1. The summed E-state index contributed by atoms with van der Waals surface area (Å²) in [6.07, 6.45) is 1.32. The van der Waals surface area contributed by atoms with Gasteiger partial charge in [-0.2, -0.15) is 0 Å². The Bertz CT molecular complexity index is 590. The van der Waals surface area contributed by atoms with Crippen LogP contribution in [0, 0.1) is 5.82 Å². The Hall–Kier alpha value is -1.13. The van der Waals surface area contributed by atoms with Crippen molar-refractivity contribution in [3.05, 3.63) is 69.5 Å². The molecule has 106 valence electrons. The summed E-state index contributed by atoms with van der Waals surface area (Å²) in [6, 6.07) is 12.4. The Kier molecular flexibility index (Phi) is 5.38. The molecule has 0 heterocycles. The molecule has 0 radical (unpaired) electrons. The fourth-order valence-corrected chi connectivity index (χ4v) is 2.42. The highest BCUT2D eigenvalue weighted by atomic mass is 35.5. The maximum absolute atomic E-state index is 13.4. The standard InChI is InChI=1S/C15H15Cl2FN2/c16-12-3-1-2-10(6-12)7-13(20-19)8-11-4-5-14(17)15(18)9-11/h1-6,9,13,20H,7-8,19H2. The lowest BCUT2D eigenvalue weighted by molar-refractivity contribution is 0.520. The number of rotatable bonds is 5. The number of hydrogen-bond acceptors (Lipinski definition) is 2. The second-order valence-corrected chi connectivity index (χ2v) is 5.49. The number of halogens is 3. The molecule has 5 heteroatoms. The lowest BCUT2D eigenvalue weighted by Gasteiger charge is -2.16. The highest BCUT2D eigenvalue weighted by Gasteiger charge is 2.11. The maximum Gasteiger partial charge on any atom is 0.142 e. The van der Waals surface area contributed by atoms with E-state index < -0.39 is 5.82 Å². The van der Waals surface area contributed by atoms with Gasteiger partial charge in [0, 0.05) is 11.1 Å². The molecule has 0 aliphatic heterocycles. The molecular weight excluding hydrogens is 298 g/mol. The summed E-state index contributed by atoms with van der Waals surface area (Å²) < 4.78 is 13.4. The van der Waals surface area contributed by atoms with Crippen molar-refractivity contribution >= 4 is 23.2 Å². The monoisotopic (exact) mass is 312 g/mol. The molecule has 2 rings (SSSR count). The summed E-state index contributed by atoms with van der Waals surface area (Å²) in [5.74, 6) is 5.16. The Morgan fingerprint density at radius 3 is 2.35 bits per heavy atom. The second kappa shape index (κ2) is 7.04. The van der Waals surface area contributed by atoms with Crippen molar-refractivity contribution in [3.8, 4) is 0 Å².